The van der Waals surface area contributed by atoms with Crippen LogP contribution in [0, 0.1) is 22.7 Å². The predicted octanol–water partition coefficient (Wildman–Crippen LogP) is 13.1. The first-order chi connectivity index (χ1) is 33.7. The maximum atomic E-state index is 11.7. The van der Waals surface area contributed by atoms with E-state index in [1.54, 1.807) is 0 Å². The van der Waals surface area contributed by atoms with Gasteiger partial charge < -0.3 is 18.3 Å². The number of para-hydroxylation sites is 4. The van der Waals surface area contributed by atoms with E-state index in [0.29, 0.717) is 22.5 Å². The highest BCUT2D eigenvalue weighted by Gasteiger charge is 2.28. The largest absolute Gasteiger partial charge is 0.308 e. The second-order valence-corrected chi connectivity index (χ2v) is 17.0. The molecule has 0 atom stereocenters. The summed E-state index contributed by atoms with van der Waals surface area (Å²) in [6, 6.07) is 55.0. The van der Waals surface area contributed by atoms with E-state index in [-0.39, 0.29) is 0 Å². The highest BCUT2D eigenvalue weighted by Crippen LogP contribution is 2.46. The first kappa shape index (κ1) is 37.5. The minimum Gasteiger partial charge on any atom is -0.308 e. The lowest BCUT2D eigenvalue weighted by Crippen LogP contribution is -2.08. The molecule has 0 fully saturated rings. The van der Waals surface area contributed by atoms with Crippen molar-refractivity contribution in [2.45, 2.75) is 0 Å². The number of aromatic nitrogens is 8. The van der Waals surface area contributed by atoms with Gasteiger partial charge in [0.15, 0.2) is 0 Å². The van der Waals surface area contributed by atoms with Crippen LogP contribution in [0.4, 0.5) is 0 Å². The van der Waals surface area contributed by atoms with Crippen LogP contribution in [0.2, 0.25) is 0 Å². The molecule has 10 heteroatoms. The van der Waals surface area contributed by atoms with Gasteiger partial charge in [0, 0.05) is 90.4 Å². The van der Waals surface area contributed by atoms with Gasteiger partial charge in [-0.25, -0.2) is 0 Å². The zero-order valence-corrected chi connectivity index (χ0v) is 35.9. The summed E-state index contributed by atoms with van der Waals surface area (Å²) in [5, 5.41) is 31.6. The van der Waals surface area contributed by atoms with Crippen LogP contribution in [-0.4, -0.2) is 38.2 Å². The van der Waals surface area contributed by atoms with Crippen molar-refractivity contribution in [2.75, 3.05) is 0 Å². The van der Waals surface area contributed by atoms with Gasteiger partial charge in [-0.2, -0.15) is 10.5 Å². The monoisotopic (exact) mass is 868 g/mol. The zero-order chi connectivity index (χ0) is 45.0. The van der Waals surface area contributed by atoms with Crippen LogP contribution in [-0.2, 0) is 0 Å². The number of nitrogens with zero attached hydrogens (tertiary/aromatic N) is 10. The molecule has 0 aliphatic heterocycles. The number of rotatable bonds is 5. The van der Waals surface area contributed by atoms with Crippen LogP contribution < -0.4 is 0 Å². The Labute approximate surface area is 386 Å². The zero-order valence-electron chi connectivity index (χ0n) is 35.9. The van der Waals surface area contributed by atoms with Gasteiger partial charge in [-0.15, -0.1) is 0 Å². The molecular weight excluding hydrogens is 837 g/mol. The molecule has 0 N–H and O–H groups in total. The summed E-state index contributed by atoms with van der Waals surface area (Å²) in [6.45, 7) is 0. The highest BCUT2D eigenvalue weighted by atomic mass is 15.0. The van der Waals surface area contributed by atoms with E-state index in [1.165, 1.54) is 0 Å². The molecule has 14 rings (SSSR count). The maximum Gasteiger partial charge on any atom is 0.101 e. The lowest BCUT2D eigenvalue weighted by molar-refractivity contribution is 1.11. The van der Waals surface area contributed by atoms with Crippen molar-refractivity contribution < 1.29 is 0 Å². The molecule has 0 aliphatic carbocycles. The molecule has 0 saturated heterocycles. The molecule has 0 radical (unpaired) electrons. The van der Waals surface area contributed by atoms with Crippen molar-refractivity contribution in [3.8, 4) is 46.0 Å². The van der Waals surface area contributed by atoms with Crippen molar-refractivity contribution in [2.24, 2.45) is 0 Å². The molecule has 68 heavy (non-hydrogen) atoms. The Morgan fingerprint density at radius 2 is 0.588 bits per heavy atom. The highest BCUT2D eigenvalue weighted by molar-refractivity contribution is 6.14. The Morgan fingerprint density at radius 1 is 0.309 bits per heavy atom. The lowest BCUT2D eigenvalue weighted by Gasteiger charge is -2.23. The van der Waals surface area contributed by atoms with Gasteiger partial charge in [0.1, 0.15) is 12.1 Å². The van der Waals surface area contributed by atoms with Crippen molar-refractivity contribution >= 4 is 87.2 Å². The van der Waals surface area contributed by atoms with Crippen LogP contribution in [0.1, 0.15) is 11.1 Å². The van der Waals surface area contributed by atoms with Crippen molar-refractivity contribution in [3.05, 3.63) is 206 Å². The number of fused-ring (bicyclic) bond motifs is 12. The third-order valence-electron chi connectivity index (χ3n) is 13.6. The van der Waals surface area contributed by atoms with Gasteiger partial charge in [0.2, 0.25) is 0 Å². The molecule has 0 spiro atoms. The molecule has 0 aliphatic rings. The number of nitriles is 2. The fraction of sp³-hybridized carbons (Fsp3) is 0. The predicted molar refractivity (Wildman–Crippen MR) is 270 cm³/mol. The standard InChI is InChI=1S/C58H32N10/c59-29-35-25-37(65-49-13-5-1-9-39(49)43-17-21-61-31-53(43)65)27-47(57(35)67-51-15-7-3-11-41(51)45-19-23-63-33-55(45)67)48-28-38(66-50-14-6-2-10-40(50)44-18-22-62-32-54(44)66)26-36(30-60)58(48)68-52-16-8-4-12-42(52)46-20-24-64-34-56(46)68/h1-28,31-34H. The van der Waals surface area contributed by atoms with E-state index in [4.69, 9.17) is 0 Å². The molecule has 6 aromatic carbocycles. The Kier molecular flexibility index (Phi) is 7.88. The van der Waals surface area contributed by atoms with Gasteiger partial charge in [0.25, 0.3) is 0 Å². The molecule has 14 aromatic rings. The Balaban J connectivity index is 1.22. The van der Waals surface area contributed by atoms with Crippen molar-refractivity contribution in [1.29, 1.82) is 10.5 Å². The number of pyridine rings is 4. The number of benzene rings is 6. The van der Waals surface area contributed by atoms with Gasteiger partial charge in [-0.3, -0.25) is 19.9 Å². The van der Waals surface area contributed by atoms with Crippen molar-refractivity contribution in [1.82, 2.24) is 38.2 Å². The number of hydrogen-bond acceptors (Lipinski definition) is 6. The summed E-state index contributed by atoms with van der Waals surface area (Å²) in [6.07, 6.45) is 14.8. The number of hydrogen-bond donors (Lipinski definition) is 0. The molecule has 0 unspecified atom stereocenters. The Hall–Kier alpha value is -9.90. The molecule has 314 valence electrons. The summed E-state index contributed by atoms with van der Waals surface area (Å²) >= 11 is 0. The first-order valence-electron chi connectivity index (χ1n) is 22.2. The minimum atomic E-state index is 0.429. The summed E-state index contributed by atoms with van der Waals surface area (Å²) in [5.74, 6) is 0. The van der Waals surface area contributed by atoms with Crippen LogP contribution in [0.5, 0.6) is 0 Å². The van der Waals surface area contributed by atoms with E-state index >= 15 is 0 Å². The average Bonchev–Trinajstić information content (AvgIpc) is 4.13. The quantitative estimate of drug-likeness (QED) is 0.170. The van der Waals surface area contributed by atoms with E-state index in [0.717, 1.165) is 110 Å². The summed E-state index contributed by atoms with van der Waals surface area (Å²) < 4.78 is 8.72. The second-order valence-electron chi connectivity index (χ2n) is 17.0. The minimum absolute atomic E-state index is 0.429. The maximum absolute atomic E-state index is 11.7. The average molecular weight is 869 g/mol. The Morgan fingerprint density at radius 3 is 0.912 bits per heavy atom. The van der Waals surface area contributed by atoms with Gasteiger partial charge in [-0.1, -0.05) is 72.8 Å². The van der Waals surface area contributed by atoms with E-state index < -0.39 is 0 Å². The smallest absolute Gasteiger partial charge is 0.101 e. The molecule has 10 nitrogen and oxygen atoms in total. The van der Waals surface area contributed by atoms with Crippen LogP contribution in [0.15, 0.2) is 195 Å². The van der Waals surface area contributed by atoms with Gasteiger partial charge in [-0.05, 0) is 72.8 Å². The molecule has 0 amide bonds. The van der Waals surface area contributed by atoms with E-state index in [2.05, 4.69) is 111 Å². The summed E-state index contributed by atoms with van der Waals surface area (Å²) in [7, 11) is 0. The first-order valence-corrected chi connectivity index (χ1v) is 22.2. The van der Waals surface area contributed by atoms with Crippen LogP contribution in [0.25, 0.3) is 121 Å². The summed E-state index contributed by atoms with van der Waals surface area (Å²) in [5.41, 5.74) is 12.4. The SMILES string of the molecule is N#Cc1cc(-n2c3ccccc3c3ccncc32)cc(-c2cc(-n3c4ccccc4c4ccncc43)cc(C#N)c2-n2c3ccccc3c3ccncc32)c1-n1c2ccccc2c2ccncc21. The van der Waals surface area contributed by atoms with Gasteiger partial charge >= 0.3 is 0 Å². The molecule has 0 bridgehead atoms. The lowest BCUT2D eigenvalue weighted by atomic mass is 9.94. The Bertz CT molecular complexity index is 4050. The van der Waals surface area contributed by atoms with Crippen LogP contribution >= 0.6 is 0 Å². The third kappa shape index (κ3) is 5.14. The molecule has 8 heterocycles. The molecule has 0 saturated carbocycles. The van der Waals surface area contributed by atoms with E-state index in [9.17, 15) is 10.5 Å². The fourth-order valence-electron chi connectivity index (χ4n) is 10.9. The van der Waals surface area contributed by atoms with Gasteiger partial charge in [0.05, 0.1) is 91.4 Å². The third-order valence-corrected chi connectivity index (χ3v) is 13.6. The van der Waals surface area contributed by atoms with Crippen molar-refractivity contribution in [3.63, 3.8) is 0 Å². The van der Waals surface area contributed by atoms with Crippen LogP contribution in [0.3, 0.4) is 0 Å². The molecule has 8 aromatic heterocycles. The fourth-order valence-corrected chi connectivity index (χ4v) is 10.9. The summed E-state index contributed by atoms with van der Waals surface area (Å²) in [4.78, 5) is 18.5. The normalized spacial score (nSPS) is 11.8. The second kappa shape index (κ2) is 14.3. The van der Waals surface area contributed by atoms with E-state index in [1.807, 2.05) is 135 Å². The molecular formula is C58H32N10. The topological polar surface area (TPSA) is 119 Å².